The van der Waals surface area contributed by atoms with Crippen molar-refractivity contribution in [3.05, 3.63) is 54.1 Å². The third kappa shape index (κ3) is 8.09. The van der Waals surface area contributed by atoms with Gasteiger partial charge in [-0.15, -0.1) is 0 Å². The molecule has 4 rings (SSSR count). The number of hydrogen-bond donors (Lipinski definition) is 2. The number of benzene rings is 2. The first kappa shape index (κ1) is 29.2. The van der Waals surface area contributed by atoms with E-state index >= 15 is 0 Å². The summed E-state index contributed by atoms with van der Waals surface area (Å²) in [6, 6.07) is 14.3. The van der Waals surface area contributed by atoms with Crippen LogP contribution in [0.2, 0.25) is 0 Å². The number of nitrogens with zero attached hydrogens (tertiary/aromatic N) is 4. The molecule has 0 aliphatic carbocycles. The second-order valence-corrected chi connectivity index (χ2v) is 12.6. The molecule has 0 spiro atoms. The van der Waals surface area contributed by atoms with Crippen molar-refractivity contribution in [1.29, 1.82) is 0 Å². The zero-order valence-electron chi connectivity index (χ0n) is 22.9. The molecule has 2 heterocycles. The number of sulfonamides is 1. The van der Waals surface area contributed by atoms with Gasteiger partial charge in [-0.1, -0.05) is 44.2 Å². The molecule has 2 aromatic carbocycles. The first-order valence-electron chi connectivity index (χ1n) is 13.4. The number of carbonyl (C=O) groups is 1. The maximum atomic E-state index is 13.6. The summed E-state index contributed by atoms with van der Waals surface area (Å²) in [5.74, 6) is -0.163. The van der Waals surface area contributed by atoms with E-state index in [0.717, 1.165) is 31.7 Å². The van der Waals surface area contributed by atoms with E-state index in [0.29, 0.717) is 18.4 Å². The number of nitrogens with one attached hydrogen (secondary N) is 1. The highest BCUT2D eigenvalue weighted by Crippen LogP contribution is 2.25. The van der Waals surface area contributed by atoms with E-state index < -0.39 is 16.1 Å². The van der Waals surface area contributed by atoms with Crippen molar-refractivity contribution < 1.29 is 22.7 Å². The molecular weight excluding hydrogens is 518 g/mol. The summed E-state index contributed by atoms with van der Waals surface area (Å²) in [5, 5.41) is 13.4. The van der Waals surface area contributed by atoms with Crippen LogP contribution in [0, 0.1) is 5.92 Å². The van der Waals surface area contributed by atoms with Gasteiger partial charge in [0.15, 0.2) is 5.58 Å². The molecule has 1 atom stereocenters. The number of rotatable bonds is 12. The summed E-state index contributed by atoms with van der Waals surface area (Å²) in [6.07, 6.45) is 0.298. The first-order valence-corrected chi connectivity index (χ1v) is 14.9. The van der Waals surface area contributed by atoms with Gasteiger partial charge < -0.3 is 14.4 Å². The third-order valence-corrected chi connectivity index (χ3v) is 8.63. The normalized spacial score (nSPS) is 16.3. The van der Waals surface area contributed by atoms with Gasteiger partial charge in [0.2, 0.25) is 15.9 Å². The van der Waals surface area contributed by atoms with Gasteiger partial charge in [-0.25, -0.2) is 8.42 Å². The van der Waals surface area contributed by atoms with Gasteiger partial charge in [0.25, 0.3) is 0 Å². The van der Waals surface area contributed by atoms with Gasteiger partial charge in [-0.2, -0.15) is 9.29 Å². The van der Waals surface area contributed by atoms with Gasteiger partial charge in [-0.05, 0) is 43.5 Å². The number of carbonyl (C=O) groups excluding carboxylic acids is 1. The first-order chi connectivity index (χ1) is 18.6. The lowest BCUT2D eigenvalue weighted by Gasteiger charge is -2.31. The van der Waals surface area contributed by atoms with E-state index in [2.05, 4.69) is 27.1 Å². The SMILES string of the molecule is CC(C)CN(CC(O)CCc1ccccc1)S(=O)(=O)c1ccc2nc(NC(=O)CN3CCN(C)CC3)oc2c1. The smallest absolute Gasteiger partial charge is 0.302 e. The number of likely N-dealkylation sites (N-methyl/N-ethyl adjacent to an activating group) is 1. The predicted octanol–water partition coefficient (Wildman–Crippen LogP) is 2.65. The van der Waals surface area contributed by atoms with Crippen molar-refractivity contribution >= 4 is 33.0 Å². The fraction of sp³-hybridized carbons (Fsp3) is 0.500. The number of oxazole rings is 1. The van der Waals surface area contributed by atoms with Crippen LogP contribution < -0.4 is 5.32 Å². The Bertz CT molecular complexity index is 1340. The average molecular weight is 558 g/mol. The molecule has 1 saturated heterocycles. The molecule has 0 saturated carbocycles. The quantitative estimate of drug-likeness (QED) is 0.349. The Morgan fingerprint density at radius 2 is 1.82 bits per heavy atom. The Labute approximate surface area is 230 Å². The lowest BCUT2D eigenvalue weighted by Crippen LogP contribution is -2.47. The zero-order valence-corrected chi connectivity index (χ0v) is 23.7. The number of piperazine rings is 1. The molecule has 10 nitrogen and oxygen atoms in total. The van der Waals surface area contributed by atoms with Crippen molar-refractivity contribution in [2.24, 2.45) is 5.92 Å². The van der Waals surface area contributed by atoms with Gasteiger partial charge in [0.1, 0.15) is 5.52 Å². The molecule has 1 amide bonds. The van der Waals surface area contributed by atoms with Crippen molar-refractivity contribution in [2.75, 3.05) is 58.2 Å². The molecule has 3 aromatic rings. The van der Waals surface area contributed by atoms with Crippen LogP contribution in [0.25, 0.3) is 11.1 Å². The number of aliphatic hydroxyl groups is 1. The molecule has 212 valence electrons. The molecule has 39 heavy (non-hydrogen) atoms. The molecule has 1 aromatic heterocycles. The number of aliphatic hydroxyl groups excluding tert-OH is 1. The van der Waals surface area contributed by atoms with Crippen LogP contribution in [-0.2, 0) is 21.2 Å². The van der Waals surface area contributed by atoms with Crippen LogP contribution in [0.3, 0.4) is 0 Å². The standard InChI is InChI=1S/C28H39N5O5S/c1-21(2)18-33(19-23(34)10-9-22-7-5-4-6-8-22)39(36,37)24-11-12-25-26(17-24)38-28(29-25)30-27(35)20-32-15-13-31(3)14-16-32/h4-8,11-12,17,21,23,34H,9-10,13-16,18-20H2,1-3H3,(H,29,30,35). The van der Waals surface area contributed by atoms with Crippen LogP contribution in [0.1, 0.15) is 25.8 Å². The van der Waals surface area contributed by atoms with E-state index in [4.69, 9.17) is 4.42 Å². The average Bonchev–Trinajstić information content (AvgIpc) is 3.30. The number of hydrogen-bond acceptors (Lipinski definition) is 8. The molecule has 1 fully saturated rings. The third-order valence-electron chi connectivity index (χ3n) is 6.80. The number of aryl methyl sites for hydroxylation is 1. The zero-order chi connectivity index (χ0) is 28.0. The van der Waals surface area contributed by atoms with Gasteiger partial charge in [0, 0.05) is 45.3 Å². The molecule has 1 aliphatic rings. The van der Waals surface area contributed by atoms with E-state index in [-0.39, 0.29) is 48.0 Å². The minimum atomic E-state index is -3.92. The molecule has 1 unspecified atom stereocenters. The van der Waals surface area contributed by atoms with Crippen LogP contribution >= 0.6 is 0 Å². The molecule has 0 radical (unpaired) electrons. The maximum Gasteiger partial charge on any atom is 0.302 e. The Hall–Kier alpha value is -2.83. The summed E-state index contributed by atoms with van der Waals surface area (Å²) in [6.45, 7) is 7.83. The largest absolute Gasteiger partial charge is 0.423 e. The van der Waals surface area contributed by atoms with Gasteiger partial charge >= 0.3 is 6.01 Å². The molecule has 11 heteroatoms. The van der Waals surface area contributed by atoms with Crippen LogP contribution in [-0.4, -0.2) is 97.5 Å². The number of fused-ring (bicyclic) bond motifs is 1. The van der Waals surface area contributed by atoms with E-state index in [1.807, 2.05) is 44.2 Å². The fourth-order valence-corrected chi connectivity index (χ4v) is 6.28. The summed E-state index contributed by atoms with van der Waals surface area (Å²) in [4.78, 5) is 21.2. The van der Waals surface area contributed by atoms with E-state index in [1.165, 1.54) is 16.4 Å². The van der Waals surface area contributed by atoms with Gasteiger partial charge in [0.05, 0.1) is 17.5 Å². The number of amides is 1. The van der Waals surface area contributed by atoms with Crippen molar-refractivity contribution in [3.8, 4) is 0 Å². The monoisotopic (exact) mass is 557 g/mol. The lowest BCUT2D eigenvalue weighted by molar-refractivity contribution is -0.117. The van der Waals surface area contributed by atoms with Crippen molar-refractivity contribution in [3.63, 3.8) is 0 Å². The van der Waals surface area contributed by atoms with E-state index in [1.54, 1.807) is 6.07 Å². The highest BCUT2D eigenvalue weighted by Gasteiger charge is 2.28. The summed E-state index contributed by atoms with van der Waals surface area (Å²) in [7, 11) is -1.86. The fourth-order valence-electron chi connectivity index (χ4n) is 4.62. The Morgan fingerprint density at radius 3 is 2.51 bits per heavy atom. The molecule has 1 aliphatic heterocycles. The van der Waals surface area contributed by atoms with Crippen molar-refractivity contribution in [2.45, 2.75) is 37.7 Å². The lowest BCUT2D eigenvalue weighted by atomic mass is 10.1. The van der Waals surface area contributed by atoms with Crippen LogP contribution in [0.5, 0.6) is 0 Å². The minimum absolute atomic E-state index is 0.00458. The molecule has 0 bridgehead atoms. The summed E-state index contributed by atoms with van der Waals surface area (Å²) >= 11 is 0. The summed E-state index contributed by atoms with van der Waals surface area (Å²) in [5.41, 5.74) is 1.80. The van der Waals surface area contributed by atoms with Crippen molar-refractivity contribution in [1.82, 2.24) is 19.1 Å². The summed E-state index contributed by atoms with van der Waals surface area (Å²) < 4.78 is 34.3. The highest BCUT2D eigenvalue weighted by molar-refractivity contribution is 7.89. The Balaban J connectivity index is 1.43. The number of aromatic nitrogens is 1. The molecule has 2 N–H and O–H groups in total. The second kappa shape index (κ2) is 13.0. The maximum absolute atomic E-state index is 13.6. The minimum Gasteiger partial charge on any atom is -0.423 e. The Kier molecular flexibility index (Phi) is 9.73. The van der Waals surface area contributed by atoms with Crippen LogP contribution in [0.15, 0.2) is 57.8 Å². The molecular formula is C28H39N5O5S. The van der Waals surface area contributed by atoms with Crippen LogP contribution in [0.4, 0.5) is 6.01 Å². The highest BCUT2D eigenvalue weighted by atomic mass is 32.2. The van der Waals surface area contributed by atoms with Gasteiger partial charge in [-0.3, -0.25) is 15.0 Å². The second-order valence-electron chi connectivity index (χ2n) is 10.7. The van der Waals surface area contributed by atoms with E-state index in [9.17, 15) is 18.3 Å². The topological polar surface area (TPSA) is 119 Å². The Morgan fingerprint density at radius 1 is 1.10 bits per heavy atom. The number of anilines is 1. The predicted molar refractivity (Wildman–Crippen MR) is 151 cm³/mol.